The molecule has 0 fully saturated rings. The van der Waals surface area contributed by atoms with E-state index < -0.39 is 17.7 Å². The van der Waals surface area contributed by atoms with E-state index in [4.69, 9.17) is 5.73 Å². The third kappa shape index (κ3) is 2.91. The van der Waals surface area contributed by atoms with Crippen LogP contribution in [0.25, 0.3) is 0 Å². The SMILES string of the molecule is NC(Cc1cc(Br)cs1)c1cccc(F)c1F. The van der Waals surface area contributed by atoms with Gasteiger partial charge in [-0.15, -0.1) is 11.3 Å². The molecule has 1 unspecified atom stereocenters. The lowest BCUT2D eigenvalue weighted by molar-refractivity contribution is 0.488. The van der Waals surface area contributed by atoms with Crippen molar-refractivity contribution < 1.29 is 8.78 Å². The summed E-state index contributed by atoms with van der Waals surface area (Å²) in [6.07, 6.45) is 0.497. The Hall–Kier alpha value is -0.780. The molecule has 0 radical (unpaired) electrons. The molecule has 0 saturated heterocycles. The van der Waals surface area contributed by atoms with Crippen molar-refractivity contribution in [2.75, 3.05) is 0 Å². The number of nitrogens with two attached hydrogens (primary N) is 1. The summed E-state index contributed by atoms with van der Waals surface area (Å²) in [6, 6.07) is 5.48. The normalized spacial score (nSPS) is 12.7. The summed E-state index contributed by atoms with van der Waals surface area (Å²) < 4.78 is 27.5. The molecule has 1 aromatic heterocycles. The van der Waals surface area contributed by atoms with Gasteiger partial charge in [-0.2, -0.15) is 0 Å². The Balaban J connectivity index is 2.20. The Bertz CT molecular complexity index is 527. The van der Waals surface area contributed by atoms with Crippen LogP contribution >= 0.6 is 27.3 Å². The zero-order valence-electron chi connectivity index (χ0n) is 8.79. The van der Waals surface area contributed by atoms with Crippen LogP contribution in [0.15, 0.2) is 34.1 Å². The highest BCUT2D eigenvalue weighted by Gasteiger charge is 2.15. The van der Waals surface area contributed by atoms with Crippen LogP contribution in [0.5, 0.6) is 0 Å². The molecule has 2 rings (SSSR count). The van der Waals surface area contributed by atoms with E-state index in [0.29, 0.717) is 6.42 Å². The molecule has 1 nitrogen and oxygen atoms in total. The minimum Gasteiger partial charge on any atom is -0.324 e. The molecule has 0 aliphatic rings. The molecule has 0 spiro atoms. The predicted octanol–water partition coefficient (Wildman–Crippen LogP) is 4.03. The molecule has 0 saturated carbocycles. The second kappa shape index (κ2) is 5.25. The lowest BCUT2D eigenvalue weighted by Gasteiger charge is -2.12. The van der Waals surface area contributed by atoms with Gasteiger partial charge in [0, 0.05) is 32.8 Å². The average Bonchev–Trinajstić information content (AvgIpc) is 2.68. The van der Waals surface area contributed by atoms with Gasteiger partial charge in [-0.05, 0) is 28.1 Å². The largest absolute Gasteiger partial charge is 0.324 e. The van der Waals surface area contributed by atoms with Crippen molar-refractivity contribution in [3.8, 4) is 0 Å². The smallest absolute Gasteiger partial charge is 0.163 e. The van der Waals surface area contributed by atoms with Crippen molar-refractivity contribution in [2.24, 2.45) is 5.73 Å². The van der Waals surface area contributed by atoms with Gasteiger partial charge in [-0.1, -0.05) is 12.1 Å². The molecule has 17 heavy (non-hydrogen) atoms. The Morgan fingerprint density at radius 3 is 2.76 bits per heavy atom. The lowest BCUT2D eigenvalue weighted by Crippen LogP contribution is -2.15. The fraction of sp³-hybridized carbons (Fsp3) is 0.167. The zero-order valence-corrected chi connectivity index (χ0v) is 11.2. The first-order chi connectivity index (χ1) is 8.08. The minimum absolute atomic E-state index is 0.217. The van der Waals surface area contributed by atoms with Crippen molar-refractivity contribution >= 4 is 27.3 Å². The summed E-state index contributed by atoms with van der Waals surface area (Å²) in [6.45, 7) is 0. The Morgan fingerprint density at radius 1 is 1.35 bits per heavy atom. The fourth-order valence-electron chi connectivity index (χ4n) is 1.59. The van der Waals surface area contributed by atoms with Gasteiger partial charge in [0.05, 0.1) is 0 Å². The number of benzene rings is 1. The molecule has 1 heterocycles. The molecule has 1 aromatic carbocycles. The van der Waals surface area contributed by atoms with Crippen LogP contribution in [-0.4, -0.2) is 0 Å². The van der Waals surface area contributed by atoms with Gasteiger partial charge >= 0.3 is 0 Å². The summed E-state index contributed by atoms with van der Waals surface area (Å²) in [5, 5.41) is 1.93. The van der Waals surface area contributed by atoms with E-state index in [9.17, 15) is 8.78 Å². The number of hydrogen-bond donors (Lipinski definition) is 1. The van der Waals surface area contributed by atoms with E-state index in [0.717, 1.165) is 15.4 Å². The molecule has 0 aliphatic carbocycles. The van der Waals surface area contributed by atoms with Crippen molar-refractivity contribution in [1.82, 2.24) is 0 Å². The van der Waals surface area contributed by atoms with Gasteiger partial charge in [0.15, 0.2) is 11.6 Å². The Kier molecular flexibility index (Phi) is 3.91. The maximum atomic E-state index is 13.5. The number of rotatable bonds is 3. The van der Waals surface area contributed by atoms with E-state index >= 15 is 0 Å². The molecule has 0 amide bonds. The average molecular weight is 318 g/mol. The fourth-order valence-corrected chi connectivity index (χ4v) is 3.11. The Labute approximate surface area is 110 Å². The van der Waals surface area contributed by atoms with Crippen LogP contribution in [0.4, 0.5) is 8.78 Å². The lowest BCUT2D eigenvalue weighted by atomic mass is 10.0. The second-order valence-corrected chi connectivity index (χ2v) is 5.60. The van der Waals surface area contributed by atoms with Crippen molar-refractivity contribution in [3.05, 3.63) is 56.2 Å². The van der Waals surface area contributed by atoms with E-state index in [-0.39, 0.29) is 5.56 Å². The van der Waals surface area contributed by atoms with Crippen LogP contribution < -0.4 is 5.73 Å². The topological polar surface area (TPSA) is 26.0 Å². The van der Waals surface area contributed by atoms with Crippen LogP contribution in [0, 0.1) is 11.6 Å². The van der Waals surface area contributed by atoms with Crippen LogP contribution in [0.2, 0.25) is 0 Å². The molecular weight excluding hydrogens is 308 g/mol. The third-order valence-electron chi connectivity index (χ3n) is 2.42. The van der Waals surface area contributed by atoms with Gasteiger partial charge in [0.1, 0.15) is 0 Å². The van der Waals surface area contributed by atoms with Gasteiger partial charge in [0.2, 0.25) is 0 Å². The molecular formula is C12H10BrF2NS. The molecule has 0 bridgehead atoms. The Morgan fingerprint density at radius 2 is 2.12 bits per heavy atom. The van der Waals surface area contributed by atoms with Crippen molar-refractivity contribution in [3.63, 3.8) is 0 Å². The molecule has 90 valence electrons. The minimum atomic E-state index is -0.856. The van der Waals surface area contributed by atoms with Gasteiger partial charge < -0.3 is 5.73 Å². The monoisotopic (exact) mass is 317 g/mol. The van der Waals surface area contributed by atoms with E-state index in [2.05, 4.69) is 15.9 Å². The van der Waals surface area contributed by atoms with Gasteiger partial charge in [-0.3, -0.25) is 0 Å². The van der Waals surface area contributed by atoms with Crippen LogP contribution in [-0.2, 0) is 6.42 Å². The highest BCUT2D eigenvalue weighted by molar-refractivity contribution is 9.10. The summed E-state index contributed by atoms with van der Waals surface area (Å²) >= 11 is 4.88. The van der Waals surface area contributed by atoms with E-state index in [1.807, 2.05) is 11.4 Å². The first-order valence-electron chi connectivity index (χ1n) is 5.00. The second-order valence-electron chi connectivity index (χ2n) is 3.68. The highest BCUT2D eigenvalue weighted by Crippen LogP contribution is 2.26. The standard InChI is InChI=1S/C12H10BrF2NS/c13-7-4-8(17-6-7)5-11(16)9-2-1-3-10(14)12(9)15/h1-4,6,11H,5,16H2. The quantitative estimate of drug-likeness (QED) is 0.908. The van der Waals surface area contributed by atoms with E-state index in [1.165, 1.54) is 23.5 Å². The molecule has 2 N–H and O–H groups in total. The maximum Gasteiger partial charge on any atom is 0.163 e. The molecule has 2 aromatic rings. The molecule has 5 heteroatoms. The van der Waals surface area contributed by atoms with Crippen LogP contribution in [0.3, 0.4) is 0 Å². The van der Waals surface area contributed by atoms with E-state index in [1.54, 1.807) is 0 Å². The number of hydrogen-bond acceptors (Lipinski definition) is 2. The third-order valence-corrected chi connectivity index (χ3v) is 4.14. The summed E-state index contributed by atoms with van der Waals surface area (Å²) in [4.78, 5) is 1.04. The molecule has 0 aliphatic heterocycles. The zero-order chi connectivity index (χ0) is 12.4. The number of thiophene rings is 1. The predicted molar refractivity (Wildman–Crippen MR) is 69.0 cm³/mol. The van der Waals surface area contributed by atoms with Gasteiger partial charge in [-0.25, -0.2) is 8.78 Å². The highest BCUT2D eigenvalue weighted by atomic mass is 79.9. The van der Waals surface area contributed by atoms with Crippen molar-refractivity contribution in [1.29, 1.82) is 0 Å². The first kappa shape index (κ1) is 12.7. The first-order valence-corrected chi connectivity index (χ1v) is 6.67. The van der Waals surface area contributed by atoms with Gasteiger partial charge in [0.25, 0.3) is 0 Å². The summed E-state index contributed by atoms with van der Waals surface area (Å²) in [7, 11) is 0. The summed E-state index contributed by atoms with van der Waals surface area (Å²) in [5.74, 6) is -1.71. The number of halogens is 3. The van der Waals surface area contributed by atoms with Crippen molar-refractivity contribution in [2.45, 2.75) is 12.5 Å². The maximum absolute atomic E-state index is 13.5. The van der Waals surface area contributed by atoms with Crippen LogP contribution in [0.1, 0.15) is 16.5 Å². The molecule has 1 atom stereocenters. The summed E-state index contributed by atoms with van der Waals surface area (Å²) in [5.41, 5.74) is 6.11.